The zero-order valence-electron chi connectivity index (χ0n) is 18.0. The Morgan fingerprint density at radius 1 is 0.964 bits per heavy atom. The van der Waals surface area contributed by atoms with Gasteiger partial charge in [-0.3, -0.25) is 8.74 Å². The van der Waals surface area contributed by atoms with Crippen LogP contribution in [0, 0.1) is 0 Å². The Balaban J connectivity index is 0. The monoisotopic (exact) mass is 429 g/mol. The first-order chi connectivity index (χ1) is 13.3. The Morgan fingerprint density at radius 3 is 1.86 bits per heavy atom. The quantitative estimate of drug-likeness (QED) is 0.225. The van der Waals surface area contributed by atoms with Crippen LogP contribution in [0.2, 0.25) is 0 Å². The predicted octanol–water partition coefficient (Wildman–Crippen LogP) is 2.64. The molecule has 0 saturated carbocycles. The van der Waals surface area contributed by atoms with E-state index in [2.05, 4.69) is 11.1 Å². The number of hydrogen-bond donors (Lipinski definition) is 3. The molecule has 1 unspecified atom stereocenters. The fourth-order valence-corrected chi connectivity index (χ4v) is 2.59. The van der Waals surface area contributed by atoms with Gasteiger partial charge in [-0.15, -0.1) is 0 Å². The normalized spacial score (nSPS) is 12.7. The Morgan fingerprint density at radius 2 is 1.43 bits per heavy atom. The van der Waals surface area contributed by atoms with Crippen molar-refractivity contribution in [2.75, 3.05) is 47.1 Å². The van der Waals surface area contributed by atoms with Gasteiger partial charge in [-0.25, -0.2) is 0 Å². The highest BCUT2D eigenvalue weighted by atomic mass is 32.3. The van der Waals surface area contributed by atoms with Gasteiger partial charge in [0.15, 0.2) is 0 Å². The molecule has 8 nitrogen and oxygen atoms in total. The van der Waals surface area contributed by atoms with Gasteiger partial charge in [0.2, 0.25) is 0 Å². The first-order valence-corrected chi connectivity index (χ1v) is 11.7. The van der Waals surface area contributed by atoms with Crippen molar-refractivity contribution in [2.45, 2.75) is 77.2 Å². The summed E-state index contributed by atoms with van der Waals surface area (Å²) >= 11 is 0. The van der Waals surface area contributed by atoms with Crippen LogP contribution in [0.5, 0.6) is 0 Å². The molecule has 3 N–H and O–H groups in total. The molecule has 0 spiro atoms. The zero-order chi connectivity index (χ0) is 21.7. The number of ether oxygens (including phenoxy) is 1. The Bertz CT molecular complexity index is 407. The summed E-state index contributed by atoms with van der Waals surface area (Å²) in [6.07, 6.45) is 12.8. The average molecular weight is 430 g/mol. The topological polar surface area (TPSA) is 117 Å². The van der Waals surface area contributed by atoms with E-state index in [1.165, 1.54) is 57.8 Å². The molecule has 0 rings (SSSR count). The highest BCUT2D eigenvalue weighted by Gasteiger charge is 2.07. The van der Waals surface area contributed by atoms with Crippen molar-refractivity contribution < 1.29 is 32.1 Å². The number of likely N-dealkylation sites (N-methyl/N-ethyl adjacent to an activating group) is 1. The van der Waals surface area contributed by atoms with Crippen LogP contribution in [-0.2, 0) is 19.3 Å². The second kappa shape index (κ2) is 21.4. The lowest BCUT2D eigenvalue weighted by Gasteiger charge is -2.19. The van der Waals surface area contributed by atoms with E-state index in [9.17, 15) is 13.5 Å². The van der Waals surface area contributed by atoms with Crippen LogP contribution < -0.4 is 0 Å². The van der Waals surface area contributed by atoms with Gasteiger partial charge >= 0.3 is 10.4 Å². The first-order valence-electron chi connectivity index (χ1n) is 10.3. The van der Waals surface area contributed by atoms with Crippen molar-refractivity contribution in [1.82, 2.24) is 4.90 Å². The first kappa shape index (κ1) is 29.9. The molecule has 0 aromatic rings. The molecular formula is C19H43NO7S. The van der Waals surface area contributed by atoms with Crippen LogP contribution in [0.25, 0.3) is 0 Å². The molecule has 0 aromatic heterocycles. The van der Waals surface area contributed by atoms with Gasteiger partial charge in [0, 0.05) is 19.7 Å². The molecule has 28 heavy (non-hydrogen) atoms. The number of unbranched alkanes of at least 4 members (excludes halogenated alkanes) is 9. The van der Waals surface area contributed by atoms with Gasteiger partial charge in [0.05, 0.1) is 26.4 Å². The van der Waals surface area contributed by atoms with Gasteiger partial charge in [-0.2, -0.15) is 8.42 Å². The highest BCUT2D eigenvalue weighted by Crippen LogP contribution is 2.10. The molecule has 0 amide bonds. The number of nitrogens with zero attached hydrogens (tertiary/aromatic N) is 1. The summed E-state index contributed by atoms with van der Waals surface area (Å²) in [5.74, 6) is 0. The molecule has 0 aromatic carbocycles. The smallest absolute Gasteiger partial charge is 0.395 e. The summed E-state index contributed by atoms with van der Waals surface area (Å²) < 4.78 is 35.2. The van der Waals surface area contributed by atoms with Crippen LogP contribution in [0.3, 0.4) is 0 Å². The predicted molar refractivity (Wildman–Crippen MR) is 112 cm³/mol. The molecule has 172 valence electrons. The fraction of sp³-hybridized carbons (Fsp3) is 1.00. The van der Waals surface area contributed by atoms with Gasteiger partial charge in [0.25, 0.3) is 0 Å². The van der Waals surface area contributed by atoms with Gasteiger partial charge < -0.3 is 19.8 Å². The van der Waals surface area contributed by atoms with E-state index in [-0.39, 0.29) is 6.61 Å². The molecular weight excluding hydrogens is 386 g/mol. The van der Waals surface area contributed by atoms with Gasteiger partial charge in [-0.1, -0.05) is 64.7 Å². The molecule has 0 aliphatic rings. The van der Waals surface area contributed by atoms with Crippen molar-refractivity contribution >= 4 is 10.4 Å². The van der Waals surface area contributed by atoms with Crippen LogP contribution in [0.15, 0.2) is 0 Å². The lowest BCUT2D eigenvalue weighted by atomic mass is 10.1. The number of aliphatic hydroxyl groups excluding tert-OH is 2. The standard InChI is InChI=1S/C18H39NO3.CH4O4S/c1-3-4-5-6-7-8-9-10-11-12-15-22-17-18(21)16-19(2)13-14-20;1-5-6(2,3)4/h18,20-21H,3-17H2,1-2H3;1H3,(H,2,3,4). The summed E-state index contributed by atoms with van der Waals surface area (Å²) in [5.41, 5.74) is 0. The third-order valence-electron chi connectivity index (χ3n) is 4.17. The fourth-order valence-electron chi connectivity index (χ4n) is 2.59. The van der Waals surface area contributed by atoms with Crippen molar-refractivity contribution in [3.05, 3.63) is 0 Å². The summed E-state index contributed by atoms with van der Waals surface area (Å²) in [6, 6.07) is 0. The minimum absolute atomic E-state index is 0.128. The minimum atomic E-state index is -4.16. The molecule has 0 radical (unpaired) electrons. The summed E-state index contributed by atoms with van der Waals surface area (Å²) in [7, 11) is -1.40. The van der Waals surface area contributed by atoms with E-state index in [0.29, 0.717) is 19.7 Å². The highest BCUT2D eigenvalue weighted by molar-refractivity contribution is 7.80. The third-order valence-corrected chi connectivity index (χ3v) is 4.59. The van der Waals surface area contributed by atoms with Gasteiger partial charge in [-0.05, 0) is 13.5 Å². The second-order valence-electron chi connectivity index (χ2n) is 6.99. The Kier molecular flexibility index (Phi) is 22.9. The maximum atomic E-state index is 9.76. The second-order valence-corrected chi connectivity index (χ2v) is 8.18. The van der Waals surface area contributed by atoms with E-state index in [1.807, 2.05) is 11.9 Å². The number of hydrogen-bond acceptors (Lipinski definition) is 7. The lowest BCUT2D eigenvalue weighted by Crippen LogP contribution is -2.33. The SMILES string of the molecule is CCCCCCCCCCCCOCC(O)CN(C)CCO.COS(=O)(=O)O. The van der Waals surface area contributed by atoms with Crippen molar-refractivity contribution in [2.24, 2.45) is 0 Å². The summed E-state index contributed by atoms with van der Waals surface area (Å²) in [4.78, 5) is 1.91. The average Bonchev–Trinajstić information content (AvgIpc) is 2.62. The van der Waals surface area contributed by atoms with Crippen LogP contribution in [0.4, 0.5) is 0 Å². The number of aliphatic hydroxyl groups is 2. The summed E-state index contributed by atoms with van der Waals surface area (Å²) in [5, 5.41) is 18.5. The Hall–Kier alpha value is -0.290. The van der Waals surface area contributed by atoms with E-state index in [1.54, 1.807) is 0 Å². The summed E-state index contributed by atoms with van der Waals surface area (Å²) in [6.45, 7) is 4.68. The molecule has 9 heteroatoms. The van der Waals surface area contributed by atoms with Gasteiger partial charge in [0.1, 0.15) is 0 Å². The van der Waals surface area contributed by atoms with E-state index in [4.69, 9.17) is 14.4 Å². The molecule has 0 bridgehead atoms. The van der Waals surface area contributed by atoms with E-state index < -0.39 is 16.5 Å². The van der Waals surface area contributed by atoms with Crippen molar-refractivity contribution in [3.8, 4) is 0 Å². The molecule has 0 heterocycles. The molecule has 0 aliphatic carbocycles. The maximum absolute atomic E-state index is 9.76. The van der Waals surface area contributed by atoms with Crippen LogP contribution >= 0.6 is 0 Å². The maximum Gasteiger partial charge on any atom is 0.397 e. The van der Waals surface area contributed by atoms with Crippen LogP contribution in [0.1, 0.15) is 71.1 Å². The molecule has 0 aliphatic heterocycles. The van der Waals surface area contributed by atoms with E-state index >= 15 is 0 Å². The zero-order valence-corrected chi connectivity index (χ0v) is 18.8. The number of rotatable bonds is 18. The van der Waals surface area contributed by atoms with Crippen LogP contribution in [-0.4, -0.2) is 81.3 Å². The largest absolute Gasteiger partial charge is 0.397 e. The van der Waals surface area contributed by atoms with E-state index in [0.717, 1.165) is 20.1 Å². The minimum Gasteiger partial charge on any atom is -0.395 e. The molecule has 1 atom stereocenters. The molecule has 0 saturated heterocycles. The lowest BCUT2D eigenvalue weighted by molar-refractivity contribution is 0.0176. The van der Waals surface area contributed by atoms with Crippen molar-refractivity contribution in [3.63, 3.8) is 0 Å². The van der Waals surface area contributed by atoms with Crippen molar-refractivity contribution in [1.29, 1.82) is 0 Å². The third kappa shape index (κ3) is 27.9. The Labute approximate surface area is 172 Å². The molecule has 0 fully saturated rings.